The summed E-state index contributed by atoms with van der Waals surface area (Å²) >= 11 is 0. The highest BCUT2D eigenvalue weighted by atomic mass is 16.5. The molecule has 0 amide bonds. The zero-order chi connectivity index (χ0) is 10.3. The summed E-state index contributed by atoms with van der Waals surface area (Å²) in [6, 6.07) is 0. The number of unbranched alkanes of at least 4 members (excludes halogenated alkanes) is 1. The van der Waals surface area contributed by atoms with Crippen LogP contribution in [0.5, 0.6) is 0 Å². The van der Waals surface area contributed by atoms with Gasteiger partial charge in [-0.1, -0.05) is 27.2 Å². The molecule has 3 nitrogen and oxygen atoms in total. The molecule has 0 saturated heterocycles. The molecule has 0 aliphatic carbocycles. The van der Waals surface area contributed by atoms with Crippen molar-refractivity contribution in [1.29, 1.82) is 0 Å². The van der Waals surface area contributed by atoms with E-state index < -0.39 is 11.9 Å². The van der Waals surface area contributed by atoms with Crippen molar-refractivity contribution in [3.05, 3.63) is 0 Å². The number of carbonyl (C=O) groups excluding carboxylic acids is 1. The summed E-state index contributed by atoms with van der Waals surface area (Å²) in [5.74, 6) is -1.54. The first-order valence-corrected chi connectivity index (χ1v) is 4.95. The van der Waals surface area contributed by atoms with Gasteiger partial charge >= 0.3 is 0 Å². The Morgan fingerprint density at radius 3 is 2.46 bits per heavy atom. The summed E-state index contributed by atoms with van der Waals surface area (Å²) in [4.78, 5) is 10.5. The third-order valence-corrected chi connectivity index (χ3v) is 2.16. The number of carboxylic acid groups (broad SMARTS) is 1. The van der Waals surface area contributed by atoms with Crippen LogP contribution >= 0.6 is 0 Å². The molecule has 0 aromatic heterocycles. The van der Waals surface area contributed by atoms with Crippen molar-refractivity contribution >= 4 is 5.97 Å². The second-order valence-electron chi connectivity index (χ2n) is 3.28. The molecule has 0 fully saturated rings. The summed E-state index contributed by atoms with van der Waals surface area (Å²) in [6.45, 7) is 6.28. The van der Waals surface area contributed by atoms with Crippen LogP contribution in [0, 0.1) is 5.92 Å². The molecule has 13 heavy (non-hydrogen) atoms. The zero-order valence-electron chi connectivity index (χ0n) is 8.71. The fourth-order valence-corrected chi connectivity index (χ4v) is 1.15. The summed E-state index contributed by atoms with van der Waals surface area (Å²) < 4.78 is 5.43. The maximum Gasteiger partial charge on any atom is 0.0650 e. The quantitative estimate of drug-likeness (QED) is 0.558. The molecular formula is C10H19O3-. The van der Waals surface area contributed by atoms with E-state index in [-0.39, 0.29) is 6.10 Å². The standard InChI is InChI=1S/C10H20O3/c1-4-6-7-13-9(5-2)8(3)10(11)12/h8-9H,4-7H2,1-3H3,(H,11,12)/p-1. The van der Waals surface area contributed by atoms with Crippen molar-refractivity contribution in [2.45, 2.75) is 46.1 Å². The van der Waals surface area contributed by atoms with E-state index in [1.165, 1.54) is 0 Å². The third-order valence-electron chi connectivity index (χ3n) is 2.16. The molecule has 0 heterocycles. The fraction of sp³-hybridized carbons (Fsp3) is 0.900. The van der Waals surface area contributed by atoms with Crippen LogP contribution in [0.2, 0.25) is 0 Å². The van der Waals surface area contributed by atoms with Crippen LogP contribution in [-0.4, -0.2) is 18.7 Å². The van der Waals surface area contributed by atoms with Crippen molar-refractivity contribution < 1.29 is 14.6 Å². The van der Waals surface area contributed by atoms with E-state index in [4.69, 9.17) is 4.74 Å². The van der Waals surface area contributed by atoms with Crippen molar-refractivity contribution in [2.24, 2.45) is 5.92 Å². The van der Waals surface area contributed by atoms with E-state index in [1.807, 2.05) is 6.92 Å². The molecule has 0 aliphatic rings. The lowest BCUT2D eigenvalue weighted by Crippen LogP contribution is -2.38. The molecular weight excluding hydrogens is 168 g/mol. The monoisotopic (exact) mass is 187 g/mol. The van der Waals surface area contributed by atoms with Crippen molar-refractivity contribution in [2.75, 3.05) is 6.61 Å². The molecule has 0 radical (unpaired) electrons. The van der Waals surface area contributed by atoms with E-state index in [1.54, 1.807) is 6.92 Å². The van der Waals surface area contributed by atoms with E-state index in [0.717, 1.165) is 19.3 Å². The minimum Gasteiger partial charge on any atom is -0.550 e. The first-order valence-electron chi connectivity index (χ1n) is 4.95. The van der Waals surface area contributed by atoms with E-state index in [2.05, 4.69) is 6.92 Å². The van der Waals surface area contributed by atoms with Crippen LogP contribution in [0.3, 0.4) is 0 Å². The predicted molar refractivity (Wildman–Crippen MR) is 49.1 cm³/mol. The maximum absolute atomic E-state index is 10.5. The highest BCUT2D eigenvalue weighted by Gasteiger charge is 2.16. The van der Waals surface area contributed by atoms with Gasteiger partial charge in [-0.25, -0.2) is 0 Å². The fourth-order valence-electron chi connectivity index (χ4n) is 1.15. The average molecular weight is 187 g/mol. The number of carbonyl (C=O) groups is 1. The lowest BCUT2D eigenvalue weighted by Gasteiger charge is -2.23. The minimum absolute atomic E-state index is 0.198. The van der Waals surface area contributed by atoms with Gasteiger partial charge in [-0.15, -0.1) is 0 Å². The second-order valence-corrected chi connectivity index (χ2v) is 3.28. The molecule has 0 bridgehead atoms. The highest BCUT2D eigenvalue weighted by Crippen LogP contribution is 2.11. The van der Waals surface area contributed by atoms with Gasteiger partial charge in [0.05, 0.1) is 6.10 Å². The molecule has 3 heteroatoms. The molecule has 0 aromatic carbocycles. The molecule has 2 unspecified atom stereocenters. The number of carboxylic acids is 1. The van der Waals surface area contributed by atoms with Gasteiger partial charge in [0, 0.05) is 18.5 Å². The predicted octanol–water partition coefficient (Wildman–Crippen LogP) is 0.968. The van der Waals surface area contributed by atoms with E-state index in [0.29, 0.717) is 6.61 Å². The van der Waals surface area contributed by atoms with Crippen LogP contribution in [0.25, 0.3) is 0 Å². The lowest BCUT2D eigenvalue weighted by atomic mass is 10.0. The Bertz CT molecular complexity index is 145. The van der Waals surface area contributed by atoms with Crippen LogP contribution in [0.1, 0.15) is 40.0 Å². The maximum atomic E-state index is 10.5. The normalized spacial score (nSPS) is 15.3. The molecule has 0 aromatic rings. The van der Waals surface area contributed by atoms with Gasteiger partial charge < -0.3 is 14.6 Å². The van der Waals surface area contributed by atoms with Gasteiger partial charge in [0.1, 0.15) is 0 Å². The molecule has 0 spiro atoms. The minimum atomic E-state index is -1.02. The van der Waals surface area contributed by atoms with Crippen molar-refractivity contribution in [3.63, 3.8) is 0 Å². The average Bonchev–Trinajstić information content (AvgIpc) is 2.11. The Balaban J connectivity index is 3.80. The Labute approximate surface area is 80.1 Å². The summed E-state index contributed by atoms with van der Waals surface area (Å²) in [7, 11) is 0. The van der Waals surface area contributed by atoms with E-state index >= 15 is 0 Å². The van der Waals surface area contributed by atoms with Crippen LogP contribution in [0.4, 0.5) is 0 Å². The zero-order valence-corrected chi connectivity index (χ0v) is 8.71. The molecule has 0 rings (SSSR count). The van der Waals surface area contributed by atoms with E-state index in [9.17, 15) is 9.90 Å². The van der Waals surface area contributed by atoms with Gasteiger partial charge in [-0.05, 0) is 12.8 Å². The molecule has 0 aliphatic heterocycles. The molecule has 78 valence electrons. The number of hydrogen-bond acceptors (Lipinski definition) is 3. The Morgan fingerprint density at radius 1 is 1.46 bits per heavy atom. The van der Waals surface area contributed by atoms with Gasteiger partial charge in [0.25, 0.3) is 0 Å². The van der Waals surface area contributed by atoms with Crippen LogP contribution in [0.15, 0.2) is 0 Å². The highest BCUT2D eigenvalue weighted by molar-refractivity contribution is 5.67. The first-order chi connectivity index (χ1) is 6.13. The second kappa shape index (κ2) is 6.89. The Morgan fingerprint density at radius 2 is 2.08 bits per heavy atom. The Hall–Kier alpha value is -0.570. The van der Waals surface area contributed by atoms with Crippen molar-refractivity contribution in [3.8, 4) is 0 Å². The first kappa shape index (κ1) is 12.4. The number of hydrogen-bond donors (Lipinski definition) is 0. The molecule has 0 saturated carbocycles. The smallest absolute Gasteiger partial charge is 0.0650 e. The van der Waals surface area contributed by atoms with Gasteiger partial charge in [0.2, 0.25) is 0 Å². The third kappa shape index (κ3) is 4.88. The van der Waals surface area contributed by atoms with Crippen LogP contribution in [-0.2, 0) is 9.53 Å². The number of aliphatic carboxylic acids is 1. The molecule has 2 atom stereocenters. The number of rotatable bonds is 7. The SMILES string of the molecule is CCCCOC(CC)C(C)C(=O)[O-]. The summed E-state index contributed by atoms with van der Waals surface area (Å²) in [5.41, 5.74) is 0. The summed E-state index contributed by atoms with van der Waals surface area (Å²) in [6.07, 6.45) is 2.57. The van der Waals surface area contributed by atoms with Crippen molar-refractivity contribution in [1.82, 2.24) is 0 Å². The van der Waals surface area contributed by atoms with Gasteiger partial charge in [-0.3, -0.25) is 0 Å². The number of ether oxygens (including phenoxy) is 1. The molecule has 0 N–H and O–H groups in total. The lowest BCUT2D eigenvalue weighted by molar-refractivity contribution is -0.314. The Kier molecular flexibility index (Phi) is 6.59. The largest absolute Gasteiger partial charge is 0.550 e. The van der Waals surface area contributed by atoms with Crippen LogP contribution < -0.4 is 5.11 Å². The van der Waals surface area contributed by atoms with Gasteiger partial charge in [0.15, 0.2) is 0 Å². The topological polar surface area (TPSA) is 49.4 Å². The summed E-state index contributed by atoms with van der Waals surface area (Å²) in [5, 5.41) is 10.5. The van der Waals surface area contributed by atoms with Gasteiger partial charge in [-0.2, -0.15) is 0 Å².